The molecule has 16 heavy (non-hydrogen) atoms. The molecule has 1 heterocycles. The summed E-state index contributed by atoms with van der Waals surface area (Å²) in [5, 5.41) is 0. The van der Waals surface area contributed by atoms with Crippen LogP contribution in [0.15, 0.2) is 53.2 Å². The van der Waals surface area contributed by atoms with Crippen LogP contribution in [0.1, 0.15) is 30.9 Å². The molecule has 0 aromatic heterocycles. The van der Waals surface area contributed by atoms with E-state index < -0.39 is 0 Å². The quantitative estimate of drug-likeness (QED) is 0.665. The smallest absolute Gasteiger partial charge is 0.0479 e. The Morgan fingerprint density at radius 1 is 1.06 bits per heavy atom. The summed E-state index contributed by atoms with van der Waals surface area (Å²) < 4.78 is 0. The number of benzene rings is 1. The maximum Gasteiger partial charge on any atom is 0.0479 e. The molecule has 1 heteroatoms. The number of aryl methyl sites for hydroxylation is 1. The molecular formula is C15H17N. The van der Waals surface area contributed by atoms with Crippen LogP contribution in [0.4, 0.5) is 0 Å². The van der Waals surface area contributed by atoms with Gasteiger partial charge in [-0.15, -0.1) is 0 Å². The summed E-state index contributed by atoms with van der Waals surface area (Å²) in [6, 6.07) is 8.59. The van der Waals surface area contributed by atoms with Gasteiger partial charge in [-0.05, 0) is 37.8 Å². The molecule has 0 bridgehead atoms. The minimum absolute atomic E-state index is 1.02. The van der Waals surface area contributed by atoms with Crippen molar-refractivity contribution in [2.24, 2.45) is 4.99 Å². The van der Waals surface area contributed by atoms with E-state index in [9.17, 15) is 0 Å². The van der Waals surface area contributed by atoms with Crippen LogP contribution in [-0.4, -0.2) is 5.71 Å². The normalized spacial score (nSPS) is 21.4. The standard InChI is InChI=1S/C15H17N/c1-12-7-9-14(10-8-12)15-6-4-3-5-13(2)11-16-15/h3,5,7-11H,4,6H2,1-2H3/b5-3+,13-11-,16-15?. The highest BCUT2D eigenvalue weighted by atomic mass is 14.7. The summed E-state index contributed by atoms with van der Waals surface area (Å²) in [7, 11) is 0. The minimum atomic E-state index is 1.02. The van der Waals surface area contributed by atoms with Crippen LogP contribution in [0.3, 0.4) is 0 Å². The number of hydrogen-bond acceptors (Lipinski definition) is 1. The summed E-state index contributed by atoms with van der Waals surface area (Å²) >= 11 is 0. The molecule has 0 N–H and O–H groups in total. The molecule has 0 spiro atoms. The van der Waals surface area contributed by atoms with Gasteiger partial charge in [0.05, 0.1) is 0 Å². The van der Waals surface area contributed by atoms with Crippen molar-refractivity contribution in [2.45, 2.75) is 26.7 Å². The molecule has 0 aliphatic carbocycles. The fourth-order valence-electron chi connectivity index (χ4n) is 1.74. The van der Waals surface area contributed by atoms with Crippen LogP contribution in [0, 0.1) is 6.92 Å². The molecule has 1 aliphatic rings. The first-order valence-electron chi connectivity index (χ1n) is 5.73. The highest BCUT2D eigenvalue weighted by Crippen LogP contribution is 2.12. The van der Waals surface area contributed by atoms with Gasteiger partial charge >= 0.3 is 0 Å². The predicted octanol–water partition coefficient (Wildman–Crippen LogP) is 4.04. The lowest BCUT2D eigenvalue weighted by Gasteiger charge is -2.07. The Morgan fingerprint density at radius 2 is 1.81 bits per heavy atom. The van der Waals surface area contributed by atoms with E-state index in [4.69, 9.17) is 0 Å². The van der Waals surface area contributed by atoms with Crippen LogP contribution < -0.4 is 0 Å². The summed E-state index contributed by atoms with van der Waals surface area (Å²) in [6.07, 6.45) is 8.39. The summed E-state index contributed by atoms with van der Waals surface area (Å²) in [4.78, 5) is 4.57. The van der Waals surface area contributed by atoms with Crippen molar-refractivity contribution < 1.29 is 0 Å². The van der Waals surface area contributed by atoms with E-state index in [1.807, 2.05) is 6.20 Å². The van der Waals surface area contributed by atoms with Crippen molar-refractivity contribution in [3.05, 3.63) is 59.3 Å². The first-order valence-corrected chi connectivity index (χ1v) is 5.73. The maximum atomic E-state index is 4.57. The largest absolute Gasteiger partial charge is 0.260 e. The van der Waals surface area contributed by atoms with Crippen molar-refractivity contribution in [1.29, 1.82) is 0 Å². The van der Waals surface area contributed by atoms with Crippen molar-refractivity contribution in [1.82, 2.24) is 0 Å². The Kier molecular flexibility index (Phi) is 3.35. The van der Waals surface area contributed by atoms with Gasteiger partial charge in [-0.1, -0.05) is 42.0 Å². The number of nitrogens with zero attached hydrogens (tertiary/aromatic N) is 1. The zero-order valence-electron chi connectivity index (χ0n) is 9.90. The van der Waals surface area contributed by atoms with Crippen molar-refractivity contribution in [3.63, 3.8) is 0 Å². The minimum Gasteiger partial charge on any atom is -0.260 e. The van der Waals surface area contributed by atoms with Crippen LogP contribution in [0.25, 0.3) is 0 Å². The van der Waals surface area contributed by atoms with Crippen molar-refractivity contribution >= 4 is 5.71 Å². The van der Waals surface area contributed by atoms with Crippen molar-refractivity contribution in [3.8, 4) is 0 Å². The van der Waals surface area contributed by atoms with Gasteiger partial charge in [0.1, 0.15) is 0 Å². The molecule has 1 nitrogen and oxygen atoms in total. The highest BCUT2D eigenvalue weighted by Gasteiger charge is 2.03. The molecule has 0 saturated heterocycles. The monoisotopic (exact) mass is 211 g/mol. The summed E-state index contributed by atoms with van der Waals surface area (Å²) in [5.74, 6) is 0. The molecule has 0 saturated carbocycles. The number of hydrogen-bond donors (Lipinski definition) is 0. The second kappa shape index (κ2) is 4.93. The second-order valence-electron chi connectivity index (χ2n) is 4.26. The van der Waals surface area contributed by atoms with Gasteiger partial charge in [0.25, 0.3) is 0 Å². The van der Waals surface area contributed by atoms with Gasteiger partial charge in [-0.2, -0.15) is 0 Å². The molecule has 0 radical (unpaired) electrons. The fraction of sp³-hybridized carbons (Fsp3) is 0.267. The second-order valence-corrected chi connectivity index (χ2v) is 4.26. The van der Waals surface area contributed by atoms with E-state index in [0.717, 1.165) is 12.8 Å². The van der Waals surface area contributed by atoms with Gasteiger partial charge in [-0.3, -0.25) is 4.99 Å². The first-order chi connectivity index (χ1) is 7.75. The fourth-order valence-corrected chi connectivity index (χ4v) is 1.74. The number of aliphatic imine (C=N–C) groups is 1. The zero-order chi connectivity index (χ0) is 11.4. The van der Waals surface area contributed by atoms with Crippen LogP contribution >= 0.6 is 0 Å². The van der Waals surface area contributed by atoms with E-state index in [0.29, 0.717) is 0 Å². The zero-order valence-corrected chi connectivity index (χ0v) is 9.90. The Morgan fingerprint density at radius 3 is 2.56 bits per heavy atom. The predicted molar refractivity (Wildman–Crippen MR) is 69.8 cm³/mol. The van der Waals surface area contributed by atoms with Gasteiger partial charge in [0.15, 0.2) is 0 Å². The van der Waals surface area contributed by atoms with Gasteiger partial charge < -0.3 is 0 Å². The Hall–Kier alpha value is -1.63. The van der Waals surface area contributed by atoms with Crippen LogP contribution in [0.2, 0.25) is 0 Å². The third-order valence-electron chi connectivity index (χ3n) is 2.74. The Balaban J connectivity index is 2.30. The van der Waals surface area contributed by atoms with E-state index >= 15 is 0 Å². The van der Waals surface area contributed by atoms with E-state index in [1.54, 1.807) is 0 Å². The molecule has 82 valence electrons. The van der Waals surface area contributed by atoms with E-state index in [-0.39, 0.29) is 0 Å². The number of rotatable bonds is 1. The summed E-state index contributed by atoms with van der Waals surface area (Å²) in [5.41, 5.74) is 4.93. The van der Waals surface area contributed by atoms with Crippen LogP contribution in [0.5, 0.6) is 0 Å². The molecule has 1 aromatic carbocycles. The average molecular weight is 211 g/mol. The molecule has 2 rings (SSSR count). The summed E-state index contributed by atoms with van der Waals surface area (Å²) in [6.45, 7) is 4.19. The van der Waals surface area contributed by atoms with Crippen molar-refractivity contribution in [2.75, 3.05) is 0 Å². The Bertz CT molecular complexity index is 447. The van der Waals surface area contributed by atoms with Gasteiger partial charge in [0.2, 0.25) is 0 Å². The van der Waals surface area contributed by atoms with E-state index in [1.165, 1.54) is 22.4 Å². The lowest BCUT2D eigenvalue weighted by molar-refractivity contribution is 1.08. The molecule has 1 aliphatic heterocycles. The Labute approximate surface area is 97.2 Å². The lowest BCUT2D eigenvalue weighted by atomic mass is 10.0. The van der Waals surface area contributed by atoms with E-state index in [2.05, 4.69) is 55.3 Å². The number of allylic oxidation sites excluding steroid dienone is 3. The topological polar surface area (TPSA) is 12.4 Å². The molecular weight excluding hydrogens is 194 g/mol. The van der Waals surface area contributed by atoms with Gasteiger partial charge in [-0.25, -0.2) is 0 Å². The van der Waals surface area contributed by atoms with Gasteiger partial charge in [0, 0.05) is 11.9 Å². The molecule has 0 atom stereocenters. The third-order valence-corrected chi connectivity index (χ3v) is 2.74. The SMILES string of the molecule is CC1=C/N=C(c2ccc(C)cc2)CC\C=C\1. The molecule has 0 unspecified atom stereocenters. The molecule has 0 fully saturated rings. The molecule has 1 aromatic rings. The highest BCUT2D eigenvalue weighted by molar-refractivity contribution is 6.01. The maximum absolute atomic E-state index is 4.57. The third kappa shape index (κ3) is 2.69. The first kappa shape index (κ1) is 10.9. The average Bonchev–Trinajstić information content (AvgIpc) is 2.26. The lowest BCUT2D eigenvalue weighted by Crippen LogP contribution is -2.01. The molecule has 0 amide bonds. The van der Waals surface area contributed by atoms with Crippen LogP contribution in [-0.2, 0) is 0 Å².